The van der Waals surface area contributed by atoms with Gasteiger partial charge in [0, 0.05) is 19.5 Å². The summed E-state index contributed by atoms with van der Waals surface area (Å²) in [7, 11) is 0. The minimum absolute atomic E-state index is 0.144. The van der Waals surface area contributed by atoms with E-state index in [1.54, 1.807) is 0 Å². The van der Waals surface area contributed by atoms with Crippen LogP contribution in [0.2, 0.25) is 0 Å². The highest BCUT2D eigenvalue weighted by atomic mass is 16.5. The van der Waals surface area contributed by atoms with Gasteiger partial charge in [0.15, 0.2) is 0 Å². The lowest BCUT2D eigenvalue weighted by atomic mass is 9.83. The van der Waals surface area contributed by atoms with Crippen LogP contribution in [0, 0.1) is 5.41 Å². The second-order valence-electron chi connectivity index (χ2n) is 5.44. The van der Waals surface area contributed by atoms with E-state index in [0.717, 1.165) is 19.5 Å². The molecule has 0 spiro atoms. The first-order chi connectivity index (χ1) is 7.55. The summed E-state index contributed by atoms with van der Waals surface area (Å²) in [6.45, 7) is 9.51. The quantitative estimate of drug-likeness (QED) is 0.722. The van der Waals surface area contributed by atoms with Crippen molar-refractivity contribution in [2.75, 3.05) is 26.3 Å². The third-order valence-corrected chi connectivity index (χ3v) is 3.20. The number of hydrogen-bond donors (Lipinski definition) is 0. The average Bonchev–Trinajstić information content (AvgIpc) is 2.27. The minimum atomic E-state index is 0.144. The molecule has 1 heterocycles. The summed E-state index contributed by atoms with van der Waals surface area (Å²) >= 11 is 0. The Hall–Kier alpha value is -0.570. The first kappa shape index (κ1) is 13.5. The van der Waals surface area contributed by atoms with Crippen molar-refractivity contribution in [3.05, 3.63) is 0 Å². The molecule has 0 aliphatic carbocycles. The molecule has 0 saturated carbocycles. The first-order valence-electron chi connectivity index (χ1n) is 6.41. The Balaban J connectivity index is 2.36. The van der Waals surface area contributed by atoms with Gasteiger partial charge in [0.25, 0.3) is 0 Å². The molecule has 0 unspecified atom stereocenters. The molecule has 1 amide bonds. The van der Waals surface area contributed by atoms with Gasteiger partial charge in [-0.05, 0) is 11.8 Å². The topological polar surface area (TPSA) is 29.5 Å². The maximum atomic E-state index is 12.0. The summed E-state index contributed by atoms with van der Waals surface area (Å²) in [6.07, 6.45) is 4.23. The fourth-order valence-corrected chi connectivity index (χ4v) is 2.08. The summed E-state index contributed by atoms with van der Waals surface area (Å²) in [5, 5.41) is 0. The molecule has 0 aromatic rings. The van der Waals surface area contributed by atoms with Crippen molar-refractivity contribution in [2.24, 2.45) is 5.41 Å². The van der Waals surface area contributed by atoms with Gasteiger partial charge in [-0.1, -0.05) is 33.6 Å². The van der Waals surface area contributed by atoms with Gasteiger partial charge < -0.3 is 9.64 Å². The van der Waals surface area contributed by atoms with Crippen LogP contribution in [0.5, 0.6) is 0 Å². The van der Waals surface area contributed by atoms with Crippen molar-refractivity contribution in [1.29, 1.82) is 0 Å². The number of hydrogen-bond acceptors (Lipinski definition) is 2. The summed E-state index contributed by atoms with van der Waals surface area (Å²) in [5.74, 6) is 0.296. The molecule has 94 valence electrons. The molecule has 3 nitrogen and oxygen atoms in total. The molecular weight excluding hydrogens is 202 g/mol. The monoisotopic (exact) mass is 227 g/mol. The largest absolute Gasteiger partial charge is 0.378 e. The lowest BCUT2D eigenvalue weighted by Gasteiger charge is -2.31. The maximum Gasteiger partial charge on any atom is 0.223 e. The van der Waals surface area contributed by atoms with Crippen LogP contribution in [-0.2, 0) is 9.53 Å². The smallest absolute Gasteiger partial charge is 0.223 e. The van der Waals surface area contributed by atoms with E-state index >= 15 is 0 Å². The van der Waals surface area contributed by atoms with Crippen molar-refractivity contribution in [1.82, 2.24) is 4.90 Å². The fraction of sp³-hybridized carbons (Fsp3) is 0.923. The molecular formula is C13H25NO2. The number of unbranched alkanes of at least 4 members (excludes halogenated alkanes) is 1. The summed E-state index contributed by atoms with van der Waals surface area (Å²) in [5.41, 5.74) is 0.144. The van der Waals surface area contributed by atoms with Gasteiger partial charge in [-0.3, -0.25) is 4.79 Å². The van der Waals surface area contributed by atoms with Crippen LogP contribution in [0.15, 0.2) is 0 Å². The summed E-state index contributed by atoms with van der Waals surface area (Å²) < 4.78 is 5.25. The predicted octanol–water partition coefficient (Wildman–Crippen LogP) is 2.45. The molecule has 16 heavy (non-hydrogen) atoms. The van der Waals surface area contributed by atoms with Crippen LogP contribution in [0.3, 0.4) is 0 Å². The number of carbonyl (C=O) groups is 1. The van der Waals surface area contributed by atoms with Gasteiger partial charge in [-0.15, -0.1) is 0 Å². The van der Waals surface area contributed by atoms with E-state index in [2.05, 4.69) is 20.8 Å². The van der Waals surface area contributed by atoms with E-state index in [4.69, 9.17) is 4.74 Å². The van der Waals surface area contributed by atoms with Crippen LogP contribution < -0.4 is 0 Å². The Morgan fingerprint density at radius 1 is 1.31 bits per heavy atom. The average molecular weight is 227 g/mol. The van der Waals surface area contributed by atoms with Crippen molar-refractivity contribution < 1.29 is 9.53 Å². The van der Waals surface area contributed by atoms with Gasteiger partial charge in [0.05, 0.1) is 13.2 Å². The Labute approximate surface area is 99.1 Å². The van der Waals surface area contributed by atoms with Crippen molar-refractivity contribution in [3.63, 3.8) is 0 Å². The highest BCUT2D eigenvalue weighted by Gasteiger charge is 2.25. The third kappa shape index (κ3) is 4.52. The van der Waals surface area contributed by atoms with E-state index in [1.807, 2.05) is 4.90 Å². The standard InChI is InChI=1S/C13H25NO2/c1-4-5-6-13(2,3)11-12(15)14-7-9-16-10-8-14/h4-11H2,1-3H3. The molecule has 1 saturated heterocycles. The number of amides is 1. The van der Waals surface area contributed by atoms with Gasteiger partial charge >= 0.3 is 0 Å². The molecule has 1 aliphatic heterocycles. The van der Waals surface area contributed by atoms with E-state index < -0.39 is 0 Å². The Morgan fingerprint density at radius 2 is 1.94 bits per heavy atom. The first-order valence-corrected chi connectivity index (χ1v) is 6.41. The molecule has 3 heteroatoms. The second-order valence-corrected chi connectivity index (χ2v) is 5.44. The van der Waals surface area contributed by atoms with Crippen LogP contribution in [0.25, 0.3) is 0 Å². The molecule has 1 aliphatic rings. The van der Waals surface area contributed by atoms with Gasteiger partial charge in [-0.2, -0.15) is 0 Å². The van der Waals surface area contributed by atoms with E-state index in [1.165, 1.54) is 12.8 Å². The Morgan fingerprint density at radius 3 is 2.50 bits per heavy atom. The molecule has 0 N–H and O–H groups in total. The zero-order valence-corrected chi connectivity index (χ0v) is 10.9. The molecule has 0 bridgehead atoms. The zero-order valence-electron chi connectivity index (χ0n) is 10.9. The predicted molar refractivity (Wildman–Crippen MR) is 65.3 cm³/mol. The maximum absolute atomic E-state index is 12.0. The van der Waals surface area contributed by atoms with Crippen molar-refractivity contribution >= 4 is 5.91 Å². The van der Waals surface area contributed by atoms with Crippen LogP contribution in [-0.4, -0.2) is 37.1 Å². The van der Waals surface area contributed by atoms with Gasteiger partial charge in [-0.25, -0.2) is 0 Å². The zero-order chi connectivity index (χ0) is 12.0. The highest BCUT2D eigenvalue weighted by molar-refractivity contribution is 5.76. The van der Waals surface area contributed by atoms with Gasteiger partial charge in [0.2, 0.25) is 5.91 Å². The molecule has 0 aromatic carbocycles. The van der Waals surface area contributed by atoms with E-state index in [9.17, 15) is 4.79 Å². The van der Waals surface area contributed by atoms with Crippen molar-refractivity contribution in [2.45, 2.75) is 46.5 Å². The van der Waals surface area contributed by atoms with Crippen LogP contribution in [0.4, 0.5) is 0 Å². The second kappa shape index (κ2) is 6.24. The number of nitrogens with zero attached hydrogens (tertiary/aromatic N) is 1. The number of rotatable bonds is 5. The number of morpholine rings is 1. The number of carbonyl (C=O) groups excluding carboxylic acids is 1. The lowest BCUT2D eigenvalue weighted by Crippen LogP contribution is -2.42. The lowest BCUT2D eigenvalue weighted by molar-refractivity contribution is -0.137. The molecule has 0 radical (unpaired) electrons. The Kier molecular flexibility index (Phi) is 5.26. The summed E-state index contributed by atoms with van der Waals surface area (Å²) in [6, 6.07) is 0. The third-order valence-electron chi connectivity index (χ3n) is 3.20. The van der Waals surface area contributed by atoms with Gasteiger partial charge in [0.1, 0.15) is 0 Å². The number of ether oxygens (including phenoxy) is 1. The van der Waals surface area contributed by atoms with E-state index in [0.29, 0.717) is 25.5 Å². The molecule has 0 atom stereocenters. The van der Waals surface area contributed by atoms with E-state index in [-0.39, 0.29) is 5.41 Å². The van der Waals surface area contributed by atoms with Crippen LogP contribution >= 0.6 is 0 Å². The SMILES string of the molecule is CCCCC(C)(C)CC(=O)N1CCOCC1. The molecule has 1 rings (SSSR count). The fourth-order valence-electron chi connectivity index (χ4n) is 2.08. The summed E-state index contributed by atoms with van der Waals surface area (Å²) in [4.78, 5) is 14.0. The Bertz CT molecular complexity index is 220. The van der Waals surface area contributed by atoms with Crippen molar-refractivity contribution in [3.8, 4) is 0 Å². The normalized spacial score (nSPS) is 17.6. The van der Waals surface area contributed by atoms with Crippen LogP contribution in [0.1, 0.15) is 46.5 Å². The molecule has 1 fully saturated rings. The minimum Gasteiger partial charge on any atom is -0.378 e. The molecule has 0 aromatic heterocycles. The highest BCUT2D eigenvalue weighted by Crippen LogP contribution is 2.28.